The monoisotopic (exact) mass is 410 g/mol. The molecule has 0 radical (unpaired) electrons. The van der Waals surface area contributed by atoms with Gasteiger partial charge in [0.15, 0.2) is 5.17 Å². The Morgan fingerprint density at radius 1 is 1.03 bits per heavy atom. The number of para-hydroxylation sites is 1. The van der Waals surface area contributed by atoms with Gasteiger partial charge in [0, 0.05) is 11.7 Å². The van der Waals surface area contributed by atoms with Gasteiger partial charge < -0.3 is 10.1 Å². The van der Waals surface area contributed by atoms with Crippen molar-refractivity contribution >= 4 is 22.6 Å². The number of thioether (sulfide) groups is 1. The Hall–Kier alpha value is -1.94. The van der Waals surface area contributed by atoms with E-state index in [0.717, 1.165) is 16.7 Å². The summed E-state index contributed by atoms with van der Waals surface area (Å²) in [5.41, 5.74) is 3.91. The molecule has 1 aliphatic carbocycles. The van der Waals surface area contributed by atoms with E-state index in [1.807, 2.05) is 30.3 Å². The topological polar surface area (TPSA) is 33.6 Å². The van der Waals surface area contributed by atoms with Gasteiger partial charge in [-0.1, -0.05) is 56.7 Å². The minimum absolute atomic E-state index is 0.267. The maximum Gasteiger partial charge on any atom is 0.161 e. The molecule has 0 aromatic heterocycles. The SMILES string of the molecule is CSC(=NC(C)C)Nc1c(C(C)C)cc(Oc2ccccc2)cc1C1CCCC1. The van der Waals surface area contributed by atoms with Crippen LogP contribution in [0, 0.1) is 0 Å². The highest BCUT2D eigenvalue weighted by atomic mass is 32.2. The fourth-order valence-corrected chi connectivity index (χ4v) is 4.50. The maximum absolute atomic E-state index is 6.26. The average molecular weight is 411 g/mol. The fraction of sp³-hybridized carbons (Fsp3) is 0.480. The summed E-state index contributed by atoms with van der Waals surface area (Å²) >= 11 is 1.68. The summed E-state index contributed by atoms with van der Waals surface area (Å²) in [5, 5.41) is 4.69. The van der Waals surface area contributed by atoms with E-state index in [1.54, 1.807) is 11.8 Å². The molecule has 156 valence electrons. The van der Waals surface area contributed by atoms with E-state index in [1.165, 1.54) is 42.5 Å². The lowest BCUT2D eigenvalue weighted by Crippen LogP contribution is -2.15. The molecule has 0 atom stereocenters. The minimum Gasteiger partial charge on any atom is -0.457 e. The van der Waals surface area contributed by atoms with E-state index in [4.69, 9.17) is 9.73 Å². The molecule has 1 N–H and O–H groups in total. The second-order valence-corrected chi connectivity index (χ2v) is 9.18. The predicted molar refractivity (Wildman–Crippen MR) is 128 cm³/mol. The Bertz CT molecular complexity index is 824. The molecule has 29 heavy (non-hydrogen) atoms. The summed E-state index contributed by atoms with van der Waals surface area (Å²) in [6, 6.07) is 14.8. The van der Waals surface area contributed by atoms with E-state index in [0.29, 0.717) is 11.8 Å². The molecule has 3 nitrogen and oxygen atoms in total. The number of anilines is 1. The van der Waals surface area contributed by atoms with Gasteiger partial charge in [0.25, 0.3) is 0 Å². The summed E-state index contributed by atoms with van der Waals surface area (Å²) in [4.78, 5) is 4.79. The van der Waals surface area contributed by atoms with Gasteiger partial charge in [0.2, 0.25) is 0 Å². The molecule has 1 fully saturated rings. The third-order valence-electron chi connectivity index (χ3n) is 5.37. The van der Waals surface area contributed by atoms with Crippen molar-refractivity contribution in [3.63, 3.8) is 0 Å². The normalized spacial score (nSPS) is 15.3. The summed E-state index contributed by atoms with van der Waals surface area (Å²) < 4.78 is 6.26. The van der Waals surface area contributed by atoms with Crippen LogP contribution in [0.5, 0.6) is 11.5 Å². The highest BCUT2D eigenvalue weighted by molar-refractivity contribution is 8.13. The lowest BCUT2D eigenvalue weighted by atomic mass is 9.89. The molecule has 0 amide bonds. The van der Waals surface area contributed by atoms with Crippen molar-refractivity contribution in [3.05, 3.63) is 53.6 Å². The van der Waals surface area contributed by atoms with Crippen LogP contribution in [0.3, 0.4) is 0 Å². The van der Waals surface area contributed by atoms with Crippen LogP contribution in [0.15, 0.2) is 47.5 Å². The van der Waals surface area contributed by atoms with Crippen LogP contribution in [0.25, 0.3) is 0 Å². The van der Waals surface area contributed by atoms with Gasteiger partial charge in [-0.2, -0.15) is 0 Å². The zero-order valence-corrected chi connectivity index (χ0v) is 19.2. The molecule has 4 heteroatoms. The van der Waals surface area contributed by atoms with E-state index in [2.05, 4.69) is 51.4 Å². The van der Waals surface area contributed by atoms with Crippen molar-refractivity contribution in [2.75, 3.05) is 11.6 Å². The second-order valence-electron chi connectivity index (χ2n) is 8.39. The Kier molecular flexibility index (Phi) is 7.65. The number of hydrogen-bond acceptors (Lipinski definition) is 3. The van der Waals surface area contributed by atoms with E-state index < -0.39 is 0 Å². The molecular formula is C25H34N2OS. The van der Waals surface area contributed by atoms with E-state index in [-0.39, 0.29) is 6.04 Å². The van der Waals surface area contributed by atoms with Crippen LogP contribution < -0.4 is 10.1 Å². The van der Waals surface area contributed by atoms with Gasteiger partial charge >= 0.3 is 0 Å². The molecular weight excluding hydrogens is 376 g/mol. The summed E-state index contributed by atoms with van der Waals surface area (Å²) in [6.45, 7) is 8.75. The number of nitrogens with zero attached hydrogens (tertiary/aromatic N) is 1. The van der Waals surface area contributed by atoms with Crippen molar-refractivity contribution in [2.24, 2.45) is 4.99 Å². The fourth-order valence-electron chi connectivity index (χ4n) is 3.98. The van der Waals surface area contributed by atoms with Crippen LogP contribution in [-0.4, -0.2) is 17.5 Å². The molecule has 0 heterocycles. The molecule has 2 aromatic rings. The van der Waals surface area contributed by atoms with Crippen molar-refractivity contribution in [1.82, 2.24) is 0 Å². The van der Waals surface area contributed by atoms with E-state index in [9.17, 15) is 0 Å². The molecule has 0 unspecified atom stereocenters. The first-order chi connectivity index (χ1) is 14.0. The largest absolute Gasteiger partial charge is 0.457 e. The number of hydrogen-bond donors (Lipinski definition) is 1. The number of aliphatic imine (C=N–C) groups is 1. The number of amidine groups is 1. The van der Waals surface area contributed by atoms with Gasteiger partial charge in [-0.25, -0.2) is 0 Å². The van der Waals surface area contributed by atoms with Crippen LogP contribution >= 0.6 is 11.8 Å². The number of ether oxygens (including phenoxy) is 1. The summed E-state index contributed by atoms with van der Waals surface area (Å²) in [7, 11) is 0. The van der Waals surface area contributed by atoms with Gasteiger partial charge in [-0.15, -0.1) is 0 Å². The number of rotatable bonds is 6. The smallest absolute Gasteiger partial charge is 0.161 e. The molecule has 0 saturated heterocycles. The molecule has 1 aliphatic rings. The quantitative estimate of drug-likeness (QED) is 0.389. The third kappa shape index (κ3) is 5.79. The summed E-state index contributed by atoms with van der Waals surface area (Å²) in [5.74, 6) is 2.78. The first-order valence-corrected chi connectivity index (χ1v) is 12.0. The molecule has 0 bridgehead atoms. The van der Waals surface area contributed by atoms with Gasteiger partial charge in [-0.3, -0.25) is 4.99 Å². The number of nitrogens with one attached hydrogen (secondary N) is 1. The maximum atomic E-state index is 6.26. The predicted octanol–water partition coefficient (Wildman–Crippen LogP) is 7.80. The van der Waals surface area contributed by atoms with Crippen molar-refractivity contribution in [3.8, 4) is 11.5 Å². The van der Waals surface area contributed by atoms with Crippen molar-refractivity contribution in [1.29, 1.82) is 0 Å². The molecule has 0 aliphatic heterocycles. The molecule has 0 spiro atoms. The van der Waals surface area contributed by atoms with Crippen LogP contribution in [-0.2, 0) is 0 Å². The van der Waals surface area contributed by atoms with Crippen LogP contribution in [0.1, 0.15) is 76.3 Å². The second kappa shape index (κ2) is 10.2. The van der Waals surface area contributed by atoms with Gasteiger partial charge in [0.05, 0.1) is 0 Å². The highest BCUT2D eigenvalue weighted by Crippen LogP contribution is 2.43. The molecule has 2 aromatic carbocycles. The third-order valence-corrected chi connectivity index (χ3v) is 5.96. The van der Waals surface area contributed by atoms with Gasteiger partial charge in [-0.05, 0) is 80.2 Å². The number of benzene rings is 2. The van der Waals surface area contributed by atoms with Gasteiger partial charge in [0.1, 0.15) is 11.5 Å². The highest BCUT2D eigenvalue weighted by Gasteiger charge is 2.24. The van der Waals surface area contributed by atoms with Crippen molar-refractivity contribution in [2.45, 2.75) is 71.3 Å². The lowest BCUT2D eigenvalue weighted by molar-refractivity contribution is 0.480. The Morgan fingerprint density at radius 3 is 2.31 bits per heavy atom. The van der Waals surface area contributed by atoms with Crippen LogP contribution in [0.2, 0.25) is 0 Å². The Labute approximate surface area is 180 Å². The Balaban J connectivity index is 2.06. The first kappa shape index (κ1) is 21.8. The van der Waals surface area contributed by atoms with E-state index >= 15 is 0 Å². The zero-order chi connectivity index (χ0) is 20.8. The summed E-state index contributed by atoms with van der Waals surface area (Å²) in [6.07, 6.45) is 7.19. The lowest BCUT2D eigenvalue weighted by Gasteiger charge is -2.24. The zero-order valence-electron chi connectivity index (χ0n) is 18.4. The molecule has 3 rings (SSSR count). The molecule has 1 saturated carbocycles. The first-order valence-electron chi connectivity index (χ1n) is 10.8. The Morgan fingerprint density at radius 2 is 1.72 bits per heavy atom. The van der Waals surface area contributed by atoms with Crippen LogP contribution in [0.4, 0.5) is 5.69 Å². The van der Waals surface area contributed by atoms with Crippen molar-refractivity contribution < 1.29 is 4.74 Å². The minimum atomic E-state index is 0.267. The standard InChI is InChI=1S/C25H34N2OS/c1-17(2)22-15-21(28-20-13-7-6-8-14-20)16-23(19-11-9-10-12-19)24(22)27-25(29-5)26-18(3)4/h6-8,13-19H,9-12H2,1-5H3,(H,26,27). The average Bonchev–Trinajstić information content (AvgIpc) is 3.23.